The summed E-state index contributed by atoms with van der Waals surface area (Å²) < 4.78 is 14.1. The SMILES string of the molecule is COC(=O)c1sc(NC(=O)COC(=O)c2ccc[nH]c2=O)c(C(=O)OC)c1C. The summed E-state index contributed by atoms with van der Waals surface area (Å²) in [7, 11) is 2.34. The smallest absolute Gasteiger partial charge is 0.348 e. The summed E-state index contributed by atoms with van der Waals surface area (Å²) in [4.78, 5) is 61.8. The zero-order valence-electron chi connectivity index (χ0n) is 15.1. The van der Waals surface area contributed by atoms with Gasteiger partial charge in [-0.25, -0.2) is 14.4 Å². The van der Waals surface area contributed by atoms with Crippen LogP contribution in [0.1, 0.15) is 36.0 Å². The molecule has 0 aromatic carbocycles. The molecule has 0 saturated heterocycles. The molecule has 148 valence electrons. The van der Waals surface area contributed by atoms with E-state index in [1.165, 1.54) is 32.4 Å². The number of H-pyrrole nitrogens is 1. The van der Waals surface area contributed by atoms with Crippen LogP contribution in [0.15, 0.2) is 23.1 Å². The monoisotopic (exact) mass is 408 g/mol. The van der Waals surface area contributed by atoms with Crippen LogP contribution in [0.25, 0.3) is 0 Å². The lowest BCUT2D eigenvalue weighted by molar-refractivity contribution is -0.119. The summed E-state index contributed by atoms with van der Waals surface area (Å²) in [6.07, 6.45) is 1.35. The molecule has 2 heterocycles. The van der Waals surface area contributed by atoms with Crippen LogP contribution >= 0.6 is 11.3 Å². The molecule has 2 rings (SSSR count). The topological polar surface area (TPSA) is 141 Å². The van der Waals surface area contributed by atoms with Crippen LogP contribution in [0, 0.1) is 6.92 Å². The standard InChI is InChI=1S/C17H16N2O8S/c1-8-11(16(23)25-2)14(28-12(8)17(24)26-3)19-10(20)7-27-15(22)9-5-4-6-18-13(9)21/h4-6H,7H2,1-3H3,(H,18,21)(H,19,20). The molecule has 0 bridgehead atoms. The summed E-state index contributed by atoms with van der Waals surface area (Å²) >= 11 is 0.821. The van der Waals surface area contributed by atoms with Gasteiger partial charge in [-0.3, -0.25) is 9.59 Å². The molecule has 2 N–H and O–H groups in total. The van der Waals surface area contributed by atoms with Gasteiger partial charge in [0.05, 0.1) is 19.8 Å². The number of hydrogen-bond acceptors (Lipinski definition) is 9. The minimum absolute atomic E-state index is 0.00733. The molecule has 0 fully saturated rings. The van der Waals surface area contributed by atoms with Crippen LogP contribution in [0.3, 0.4) is 0 Å². The minimum atomic E-state index is -0.984. The number of rotatable bonds is 6. The number of nitrogens with one attached hydrogen (secondary N) is 2. The zero-order chi connectivity index (χ0) is 20.8. The fourth-order valence-corrected chi connectivity index (χ4v) is 3.32. The number of ether oxygens (including phenoxy) is 3. The molecule has 10 nitrogen and oxygen atoms in total. The first-order valence-electron chi connectivity index (χ1n) is 7.74. The molecule has 0 unspecified atom stereocenters. The molecular weight excluding hydrogens is 392 g/mol. The molecule has 0 aliphatic carbocycles. The van der Waals surface area contributed by atoms with E-state index in [2.05, 4.69) is 19.8 Å². The number of pyridine rings is 1. The second-order valence-electron chi connectivity index (χ2n) is 5.28. The molecule has 2 aromatic rings. The van der Waals surface area contributed by atoms with Crippen molar-refractivity contribution in [3.8, 4) is 0 Å². The van der Waals surface area contributed by atoms with Gasteiger partial charge in [-0.2, -0.15) is 0 Å². The molecule has 1 amide bonds. The Labute approximate surface area is 162 Å². The first kappa shape index (κ1) is 20.8. The number of amides is 1. The summed E-state index contributed by atoms with van der Waals surface area (Å²) in [6.45, 7) is 0.796. The number of methoxy groups -OCH3 is 2. The second kappa shape index (κ2) is 8.95. The van der Waals surface area contributed by atoms with Gasteiger partial charge in [-0.05, 0) is 24.6 Å². The Balaban J connectivity index is 2.16. The third-order valence-electron chi connectivity index (χ3n) is 3.53. The lowest BCUT2D eigenvalue weighted by atomic mass is 10.1. The first-order valence-corrected chi connectivity index (χ1v) is 8.56. The normalized spacial score (nSPS) is 10.1. The summed E-state index contributed by atoms with van der Waals surface area (Å²) in [6, 6.07) is 2.68. The number of esters is 3. The highest BCUT2D eigenvalue weighted by atomic mass is 32.1. The summed E-state index contributed by atoms with van der Waals surface area (Å²) in [5.41, 5.74) is -0.637. The number of hydrogen-bond donors (Lipinski definition) is 2. The van der Waals surface area contributed by atoms with E-state index in [0.717, 1.165) is 18.4 Å². The number of anilines is 1. The van der Waals surface area contributed by atoms with E-state index in [1.54, 1.807) is 0 Å². The highest BCUT2D eigenvalue weighted by Gasteiger charge is 2.27. The third-order valence-corrected chi connectivity index (χ3v) is 4.72. The van der Waals surface area contributed by atoms with Gasteiger partial charge in [-0.1, -0.05) is 0 Å². The van der Waals surface area contributed by atoms with Crippen LogP contribution in [0.4, 0.5) is 5.00 Å². The van der Waals surface area contributed by atoms with E-state index in [-0.39, 0.29) is 26.6 Å². The number of thiophene rings is 1. The molecule has 2 aromatic heterocycles. The highest BCUT2D eigenvalue weighted by Crippen LogP contribution is 2.34. The van der Waals surface area contributed by atoms with E-state index < -0.39 is 36.0 Å². The van der Waals surface area contributed by atoms with E-state index >= 15 is 0 Å². The van der Waals surface area contributed by atoms with Crippen molar-refractivity contribution in [2.24, 2.45) is 0 Å². The quantitative estimate of drug-likeness (QED) is 0.535. The van der Waals surface area contributed by atoms with Gasteiger partial charge in [0.25, 0.3) is 11.5 Å². The van der Waals surface area contributed by atoms with E-state index in [1.807, 2.05) is 0 Å². The summed E-state index contributed by atoms with van der Waals surface area (Å²) in [5.74, 6) is -3.19. The van der Waals surface area contributed by atoms with Crippen LogP contribution in [0.5, 0.6) is 0 Å². The third kappa shape index (κ3) is 4.43. The van der Waals surface area contributed by atoms with E-state index in [9.17, 15) is 24.0 Å². The van der Waals surface area contributed by atoms with Crippen LogP contribution < -0.4 is 10.9 Å². The molecule has 0 saturated carbocycles. The number of carbonyl (C=O) groups is 4. The molecule has 11 heteroatoms. The van der Waals surface area contributed by atoms with Crippen molar-refractivity contribution in [2.45, 2.75) is 6.92 Å². The fraction of sp³-hybridized carbons (Fsp3) is 0.235. The van der Waals surface area contributed by atoms with Gasteiger partial charge in [-0.15, -0.1) is 11.3 Å². The molecule has 0 atom stereocenters. The van der Waals surface area contributed by atoms with Crippen molar-refractivity contribution in [1.29, 1.82) is 0 Å². The van der Waals surface area contributed by atoms with Gasteiger partial charge >= 0.3 is 17.9 Å². The van der Waals surface area contributed by atoms with Crippen molar-refractivity contribution >= 4 is 40.2 Å². The second-order valence-corrected chi connectivity index (χ2v) is 6.30. The zero-order valence-corrected chi connectivity index (χ0v) is 15.9. The Kier molecular flexibility index (Phi) is 6.66. The van der Waals surface area contributed by atoms with Crippen molar-refractivity contribution in [3.63, 3.8) is 0 Å². The van der Waals surface area contributed by atoms with Crippen molar-refractivity contribution in [1.82, 2.24) is 4.98 Å². The molecule has 0 aliphatic heterocycles. The van der Waals surface area contributed by atoms with Crippen molar-refractivity contribution < 1.29 is 33.4 Å². The van der Waals surface area contributed by atoms with E-state index in [0.29, 0.717) is 0 Å². The number of aromatic amines is 1. The van der Waals surface area contributed by atoms with Crippen LogP contribution in [-0.4, -0.2) is 49.6 Å². The minimum Gasteiger partial charge on any atom is -0.465 e. The Morgan fingerprint density at radius 2 is 1.79 bits per heavy atom. The molecule has 0 aliphatic rings. The lowest BCUT2D eigenvalue weighted by Gasteiger charge is -2.07. The van der Waals surface area contributed by atoms with Crippen LogP contribution in [0.2, 0.25) is 0 Å². The maximum Gasteiger partial charge on any atom is 0.348 e. The van der Waals surface area contributed by atoms with Gasteiger partial charge in [0.1, 0.15) is 15.4 Å². The average Bonchev–Trinajstić information content (AvgIpc) is 3.01. The van der Waals surface area contributed by atoms with E-state index in [4.69, 9.17) is 4.74 Å². The van der Waals surface area contributed by atoms with Gasteiger partial charge in [0, 0.05) is 6.20 Å². The summed E-state index contributed by atoms with van der Waals surface area (Å²) in [5, 5.41) is 2.44. The first-order chi connectivity index (χ1) is 13.3. The molecule has 0 spiro atoms. The Morgan fingerprint density at radius 1 is 1.11 bits per heavy atom. The Hall–Kier alpha value is -3.47. The van der Waals surface area contributed by atoms with Gasteiger partial charge < -0.3 is 24.5 Å². The Morgan fingerprint density at radius 3 is 2.39 bits per heavy atom. The maximum absolute atomic E-state index is 12.1. The maximum atomic E-state index is 12.1. The number of aromatic nitrogens is 1. The fourth-order valence-electron chi connectivity index (χ4n) is 2.19. The predicted octanol–water partition coefficient (Wildman–Crippen LogP) is 1.11. The average molecular weight is 408 g/mol. The highest BCUT2D eigenvalue weighted by molar-refractivity contribution is 7.18. The molecule has 0 radical (unpaired) electrons. The van der Waals surface area contributed by atoms with Gasteiger partial charge in [0.2, 0.25) is 0 Å². The van der Waals surface area contributed by atoms with Gasteiger partial charge in [0.15, 0.2) is 6.61 Å². The molecule has 28 heavy (non-hydrogen) atoms. The van der Waals surface area contributed by atoms with Crippen molar-refractivity contribution in [3.05, 3.63) is 50.3 Å². The van der Waals surface area contributed by atoms with Crippen molar-refractivity contribution in [2.75, 3.05) is 26.1 Å². The number of carbonyl (C=O) groups excluding carboxylic acids is 4. The van der Waals surface area contributed by atoms with Crippen LogP contribution in [-0.2, 0) is 19.0 Å². The lowest BCUT2D eigenvalue weighted by Crippen LogP contribution is -2.24. The molecular formula is C17H16N2O8S. The largest absolute Gasteiger partial charge is 0.465 e. The Bertz CT molecular complexity index is 991. The predicted molar refractivity (Wildman–Crippen MR) is 97.7 cm³/mol.